The molecule has 1 N–H and O–H groups in total. The van der Waals surface area contributed by atoms with Crippen molar-refractivity contribution in [1.82, 2.24) is 9.97 Å². The van der Waals surface area contributed by atoms with Gasteiger partial charge in [0, 0.05) is 4.70 Å². The van der Waals surface area contributed by atoms with Crippen molar-refractivity contribution in [3.05, 3.63) is 52.5 Å². The van der Waals surface area contributed by atoms with E-state index in [1.165, 1.54) is 35.9 Å². The Labute approximate surface area is 122 Å². The van der Waals surface area contributed by atoms with E-state index in [0.717, 1.165) is 5.39 Å². The third-order valence-electron chi connectivity index (χ3n) is 2.55. The summed E-state index contributed by atoms with van der Waals surface area (Å²) in [5.41, 5.74) is 0. The number of halogens is 2. The number of fused-ring (bicyclic) bond motifs is 1. The number of benzene rings is 1. The molecular weight excluding hydrogens is 301 g/mol. The first-order chi connectivity index (χ1) is 9.61. The van der Waals surface area contributed by atoms with Crippen LogP contribution in [0.4, 0.5) is 10.2 Å². The first-order valence-corrected chi connectivity index (χ1v) is 6.79. The van der Waals surface area contributed by atoms with E-state index in [1.807, 2.05) is 0 Å². The Morgan fingerprint density at radius 1 is 1.30 bits per heavy atom. The van der Waals surface area contributed by atoms with Crippen molar-refractivity contribution in [1.29, 1.82) is 0 Å². The normalized spacial score (nSPS) is 10.7. The zero-order chi connectivity index (χ0) is 14.1. The highest BCUT2D eigenvalue weighted by molar-refractivity contribution is 7.20. The van der Waals surface area contributed by atoms with Crippen molar-refractivity contribution in [3.8, 4) is 0 Å². The first-order valence-electron chi connectivity index (χ1n) is 5.60. The van der Waals surface area contributed by atoms with E-state index in [9.17, 15) is 9.18 Å². The number of nitrogens with one attached hydrogen (secondary N) is 1. The fourth-order valence-electron chi connectivity index (χ4n) is 1.70. The van der Waals surface area contributed by atoms with Gasteiger partial charge in [0.1, 0.15) is 11.0 Å². The summed E-state index contributed by atoms with van der Waals surface area (Å²) in [5, 5.41) is 3.61. The van der Waals surface area contributed by atoms with Crippen molar-refractivity contribution >= 4 is 44.7 Å². The summed E-state index contributed by atoms with van der Waals surface area (Å²) in [5.74, 6) is -0.388. The molecule has 100 valence electrons. The highest BCUT2D eigenvalue weighted by Gasteiger charge is 2.12. The summed E-state index contributed by atoms with van der Waals surface area (Å²) in [6.07, 6.45) is 2.77. The molecule has 0 aliphatic carbocycles. The van der Waals surface area contributed by atoms with Crippen LogP contribution >= 0.6 is 22.9 Å². The van der Waals surface area contributed by atoms with Crippen LogP contribution in [0.15, 0.2) is 36.7 Å². The minimum Gasteiger partial charge on any atom is -0.305 e. The molecule has 0 saturated carbocycles. The molecule has 1 aromatic carbocycles. The Morgan fingerprint density at radius 2 is 2.15 bits per heavy atom. The Hall–Kier alpha value is -2.05. The average Bonchev–Trinajstić information content (AvgIpc) is 2.81. The second-order valence-electron chi connectivity index (χ2n) is 3.97. The molecule has 20 heavy (non-hydrogen) atoms. The lowest BCUT2D eigenvalue weighted by molar-refractivity contribution is 0.103. The van der Waals surface area contributed by atoms with E-state index < -0.39 is 0 Å². The van der Waals surface area contributed by atoms with Crippen molar-refractivity contribution in [2.45, 2.75) is 0 Å². The highest BCUT2D eigenvalue weighted by Crippen LogP contribution is 2.26. The standard InChI is InChI=1S/C13H7ClFN3OS/c14-11-5-16-6-12(17-11)18-13(19)10-3-7-1-2-8(15)4-9(7)20-10/h1-6H,(H,17,18,19). The Bertz CT molecular complexity index is 805. The third-order valence-corrected chi connectivity index (χ3v) is 3.83. The van der Waals surface area contributed by atoms with E-state index in [-0.39, 0.29) is 22.7 Å². The molecule has 0 aliphatic heterocycles. The molecule has 0 saturated heterocycles. The summed E-state index contributed by atoms with van der Waals surface area (Å²) >= 11 is 6.90. The van der Waals surface area contributed by atoms with Gasteiger partial charge in [-0.3, -0.25) is 9.78 Å². The number of amides is 1. The molecule has 2 heterocycles. The predicted octanol–water partition coefficient (Wildman–Crippen LogP) is 3.74. The van der Waals surface area contributed by atoms with Gasteiger partial charge in [0.25, 0.3) is 5.91 Å². The largest absolute Gasteiger partial charge is 0.305 e. The molecule has 0 radical (unpaired) electrons. The fraction of sp³-hybridized carbons (Fsp3) is 0. The molecular formula is C13H7ClFN3OS. The van der Waals surface area contributed by atoms with Gasteiger partial charge in [-0.05, 0) is 23.6 Å². The molecule has 7 heteroatoms. The van der Waals surface area contributed by atoms with Gasteiger partial charge >= 0.3 is 0 Å². The summed E-state index contributed by atoms with van der Waals surface area (Å²) in [7, 11) is 0. The van der Waals surface area contributed by atoms with Gasteiger partial charge in [-0.25, -0.2) is 9.37 Å². The van der Waals surface area contributed by atoms with Crippen LogP contribution in [-0.2, 0) is 0 Å². The monoisotopic (exact) mass is 307 g/mol. The van der Waals surface area contributed by atoms with Crippen molar-refractivity contribution < 1.29 is 9.18 Å². The molecule has 0 spiro atoms. The lowest BCUT2D eigenvalue weighted by Crippen LogP contribution is -2.11. The van der Waals surface area contributed by atoms with Crippen LogP contribution in [0.3, 0.4) is 0 Å². The van der Waals surface area contributed by atoms with E-state index >= 15 is 0 Å². The number of nitrogens with zero attached hydrogens (tertiary/aromatic N) is 2. The number of hydrogen-bond acceptors (Lipinski definition) is 4. The smallest absolute Gasteiger partial charge is 0.266 e. The second kappa shape index (κ2) is 5.15. The number of carbonyl (C=O) groups excluding carboxylic acids is 1. The fourth-order valence-corrected chi connectivity index (χ4v) is 2.83. The zero-order valence-electron chi connectivity index (χ0n) is 9.93. The van der Waals surface area contributed by atoms with Crippen LogP contribution in [0.5, 0.6) is 0 Å². The van der Waals surface area contributed by atoms with Gasteiger partial charge < -0.3 is 5.32 Å². The van der Waals surface area contributed by atoms with Crippen molar-refractivity contribution in [3.63, 3.8) is 0 Å². The minimum absolute atomic E-state index is 0.196. The van der Waals surface area contributed by atoms with Gasteiger partial charge in [0.05, 0.1) is 17.3 Å². The number of rotatable bonds is 2. The number of thiophene rings is 1. The van der Waals surface area contributed by atoms with Gasteiger partial charge in [-0.2, -0.15) is 0 Å². The highest BCUT2D eigenvalue weighted by atomic mass is 35.5. The molecule has 3 rings (SSSR count). The summed E-state index contributed by atoms with van der Waals surface area (Å²) < 4.78 is 13.8. The Kier molecular flexibility index (Phi) is 3.33. The maximum Gasteiger partial charge on any atom is 0.266 e. The summed E-state index contributed by atoms with van der Waals surface area (Å²) in [6, 6.07) is 6.10. The predicted molar refractivity (Wildman–Crippen MR) is 76.8 cm³/mol. The number of anilines is 1. The van der Waals surface area contributed by atoms with Crippen molar-refractivity contribution in [2.24, 2.45) is 0 Å². The first kappa shape index (κ1) is 13.0. The van der Waals surface area contributed by atoms with E-state index in [0.29, 0.717) is 9.58 Å². The summed E-state index contributed by atoms with van der Waals surface area (Å²) in [6.45, 7) is 0. The molecule has 0 fully saturated rings. The van der Waals surface area contributed by atoms with E-state index in [2.05, 4.69) is 15.3 Å². The minimum atomic E-state index is -0.330. The molecule has 1 amide bonds. The SMILES string of the molecule is O=C(Nc1cncc(Cl)n1)c1cc2ccc(F)cc2s1. The third kappa shape index (κ3) is 2.61. The van der Waals surface area contributed by atoms with Crippen LogP contribution < -0.4 is 5.32 Å². The molecule has 2 aromatic heterocycles. The maximum atomic E-state index is 13.1. The number of carbonyl (C=O) groups is 1. The van der Waals surface area contributed by atoms with E-state index in [4.69, 9.17) is 11.6 Å². The number of hydrogen-bond donors (Lipinski definition) is 1. The van der Waals surface area contributed by atoms with Gasteiger partial charge in [0.2, 0.25) is 0 Å². The van der Waals surface area contributed by atoms with E-state index in [1.54, 1.807) is 12.1 Å². The maximum absolute atomic E-state index is 13.1. The molecule has 0 unspecified atom stereocenters. The van der Waals surface area contributed by atoms with Gasteiger partial charge in [0.15, 0.2) is 5.82 Å². The lowest BCUT2D eigenvalue weighted by atomic mass is 10.2. The number of aromatic nitrogens is 2. The Balaban J connectivity index is 1.88. The molecule has 0 aliphatic rings. The lowest BCUT2D eigenvalue weighted by Gasteiger charge is -2.01. The molecule has 4 nitrogen and oxygen atoms in total. The Morgan fingerprint density at radius 3 is 2.95 bits per heavy atom. The second-order valence-corrected chi connectivity index (χ2v) is 5.44. The summed E-state index contributed by atoms with van der Waals surface area (Å²) in [4.78, 5) is 20.3. The quantitative estimate of drug-likeness (QED) is 0.784. The topological polar surface area (TPSA) is 54.9 Å². The van der Waals surface area contributed by atoms with Crippen LogP contribution in [-0.4, -0.2) is 15.9 Å². The molecule has 0 bridgehead atoms. The average molecular weight is 308 g/mol. The van der Waals surface area contributed by atoms with Crippen LogP contribution in [0.25, 0.3) is 10.1 Å². The van der Waals surface area contributed by atoms with Crippen LogP contribution in [0.1, 0.15) is 9.67 Å². The van der Waals surface area contributed by atoms with Crippen molar-refractivity contribution in [2.75, 3.05) is 5.32 Å². The van der Waals surface area contributed by atoms with Gasteiger partial charge in [-0.1, -0.05) is 17.7 Å². The van der Waals surface area contributed by atoms with Crippen LogP contribution in [0.2, 0.25) is 5.15 Å². The molecule has 3 aromatic rings. The van der Waals surface area contributed by atoms with Gasteiger partial charge in [-0.15, -0.1) is 11.3 Å². The zero-order valence-corrected chi connectivity index (χ0v) is 11.5. The van der Waals surface area contributed by atoms with Crippen LogP contribution in [0, 0.1) is 5.82 Å². The molecule has 0 atom stereocenters.